The van der Waals surface area contributed by atoms with Crippen LogP contribution in [0.2, 0.25) is 5.02 Å². The lowest BCUT2D eigenvalue weighted by molar-refractivity contribution is -0.172. The van der Waals surface area contributed by atoms with E-state index in [0.717, 1.165) is 16.6 Å². The third kappa shape index (κ3) is 4.52. The van der Waals surface area contributed by atoms with Gasteiger partial charge in [-0.2, -0.15) is 18.3 Å². The zero-order chi connectivity index (χ0) is 17.9. The molecule has 9 heteroatoms. The lowest BCUT2D eigenvalue weighted by Gasteiger charge is -2.31. The fourth-order valence-electron chi connectivity index (χ4n) is 2.10. The Labute approximate surface area is 146 Å². The highest BCUT2D eigenvalue weighted by Gasteiger charge is 2.44. The molecule has 1 aromatic heterocycles. The summed E-state index contributed by atoms with van der Waals surface area (Å²) in [6.07, 6.45) is -3.12. The predicted molar refractivity (Wildman–Crippen MR) is 88.0 cm³/mol. The SMILES string of the molecule is CCN(Sc1cnn(C)c(=O)c1)C(c1ccc(Cl)cc1)C(F)(F)F. The van der Waals surface area contributed by atoms with Crippen molar-refractivity contribution in [3.63, 3.8) is 0 Å². The van der Waals surface area contributed by atoms with Crippen molar-refractivity contribution in [2.24, 2.45) is 7.05 Å². The normalized spacial score (nSPS) is 13.3. The Morgan fingerprint density at radius 2 is 1.96 bits per heavy atom. The maximum atomic E-state index is 13.6. The maximum absolute atomic E-state index is 13.6. The van der Waals surface area contributed by atoms with Crippen LogP contribution >= 0.6 is 23.5 Å². The van der Waals surface area contributed by atoms with Crippen molar-refractivity contribution in [1.82, 2.24) is 14.1 Å². The number of aromatic nitrogens is 2. The largest absolute Gasteiger partial charge is 0.408 e. The summed E-state index contributed by atoms with van der Waals surface area (Å²) in [4.78, 5) is 12.0. The van der Waals surface area contributed by atoms with E-state index in [9.17, 15) is 18.0 Å². The summed E-state index contributed by atoms with van der Waals surface area (Å²) < 4.78 is 43.1. The van der Waals surface area contributed by atoms with E-state index in [2.05, 4.69) is 5.10 Å². The summed E-state index contributed by atoms with van der Waals surface area (Å²) >= 11 is 6.61. The molecule has 0 saturated carbocycles. The quantitative estimate of drug-likeness (QED) is 0.736. The Hall–Kier alpha value is -1.51. The van der Waals surface area contributed by atoms with Crippen molar-refractivity contribution >= 4 is 23.5 Å². The molecule has 0 saturated heterocycles. The van der Waals surface area contributed by atoms with Crippen molar-refractivity contribution in [2.45, 2.75) is 24.0 Å². The van der Waals surface area contributed by atoms with E-state index < -0.39 is 12.2 Å². The minimum atomic E-state index is -4.48. The molecule has 0 bridgehead atoms. The molecule has 0 aliphatic carbocycles. The first kappa shape index (κ1) is 18.8. The van der Waals surface area contributed by atoms with Crippen molar-refractivity contribution in [3.05, 3.63) is 57.5 Å². The van der Waals surface area contributed by atoms with Gasteiger partial charge < -0.3 is 0 Å². The molecular formula is C15H15ClF3N3OS. The first-order valence-corrected chi connectivity index (χ1v) is 8.17. The predicted octanol–water partition coefficient (Wildman–Crippen LogP) is 4.07. The number of benzene rings is 1. The Balaban J connectivity index is 2.36. The fraction of sp³-hybridized carbons (Fsp3) is 0.333. The van der Waals surface area contributed by atoms with Gasteiger partial charge in [0.15, 0.2) is 0 Å². The molecule has 2 aromatic rings. The van der Waals surface area contributed by atoms with Crippen LogP contribution in [-0.4, -0.2) is 26.8 Å². The molecule has 2 rings (SSSR count). The van der Waals surface area contributed by atoms with Crippen LogP contribution in [0.15, 0.2) is 46.2 Å². The molecule has 1 unspecified atom stereocenters. The minimum absolute atomic E-state index is 0.0815. The number of aryl methyl sites for hydroxylation is 1. The number of alkyl halides is 3. The molecule has 0 radical (unpaired) electrons. The van der Waals surface area contributed by atoms with Gasteiger partial charge in [-0.3, -0.25) is 4.79 Å². The van der Waals surface area contributed by atoms with Gasteiger partial charge in [0.1, 0.15) is 6.04 Å². The average molecular weight is 378 g/mol. The van der Waals surface area contributed by atoms with Gasteiger partial charge in [0.05, 0.1) is 6.20 Å². The summed E-state index contributed by atoms with van der Waals surface area (Å²) in [5, 5.41) is 4.20. The molecule has 1 atom stereocenters. The summed E-state index contributed by atoms with van der Waals surface area (Å²) in [5.74, 6) is 0. The van der Waals surface area contributed by atoms with E-state index in [4.69, 9.17) is 11.6 Å². The van der Waals surface area contributed by atoms with Gasteiger partial charge in [0.2, 0.25) is 0 Å². The second-order valence-electron chi connectivity index (χ2n) is 4.97. The number of nitrogens with zero attached hydrogens (tertiary/aromatic N) is 3. The Bertz CT molecular complexity index is 749. The zero-order valence-electron chi connectivity index (χ0n) is 12.9. The lowest BCUT2D eigenvalue weighted by atomic mass is 10.1. The molecule has 0 spiro atoms. The van der Waals surface area contributed by atoms with Gasteiger partial charge in [-0.05, 0) is 29.6 Å². The number of halogens is 4. The standard InChI is InChI=1S/C15H15ClF3N3OS/c1-3-22(24-12-8-13(23)21(2)20-9-12)14(15(17,18)19)10-4-6-11(16)7-5-10/h4-9,14H,3H2,1-2H3. The number of rotatable bonds is 5. The molecular weight excluding hydrogens is 363 g/mol. The molecule has 24 heavy (non-hydrogen) atoms. The highest BCUT2D eigenvalue weighted by Crippen LogP contribution is 2.42. The molecule has 0 aliphatic rings. The van der Waals surface area contributed by atoms with Crippen LogP contribution in [0, 0.1) is 0 Å². The van der Waals surface area contributed by atoms with Gasteiger partial charge in [0, 0.05) is 29.6 Å². The first-order valence-electron chi connectivity index (χ1n) is 7.02. The second kappa shape index (κ2) is 7.58. The van der Waals surface area contributed by atoms with Crippen LogP contribution in [0.4, 0.5) is 13.2 Å². The third-order valence-electron chi connectivity index (χ3n) is 3.26. The molecule has 0 fully saturated rings. The van der Waals surface area contributed by atoms with E-state index in [0.29, 0.717) is 9.92 Å². The van der Waals surface area contributed by atoms with Crippen LogP contribution in [0.25, 0.3) is 0 Å². The Kier molecular flexibility index (Phi) is 5.95. The summed E-state index contributed by atoms with van der Waals surface area (Å²) in [5.41, 5.74) is -0.302. The van der Waals surface area contributed by atoms with Gasteiger partial charge >= 0.3 is 6.18 Å². The average Bonchev–Trinajstić information content (AvgIpc) is 2.50. The van der Waals surface area contributed by atoms with E-state index in [1.165, 1.54) is 47.9 Å². The molecule has 130 valence electrons. The molecule has 1 heterocycles. The van der Waals surface area contributed by atoms with Crippen LogP contribution in [0.3, 0.4) is 0 Å². The summed E-state index contributed by atoms with van der Waals surface area (Å²) in [6, 6.07) is 4.99. The van der Waals surface area contributed by atoms with Gasteiger partial charge in [0.25, 0.3) is 5.56 Å². The summed E-state index contributed by atoms with van der Waals surface area (Å²) in [7, 11) is 1.47. The minimum Gasteiger partial charge on any atom is -0.268 e. The van der Waals surface area contributed by atoms with Crippen LogP contribution in [0.1, 0.15) is 18.5 Å². The van der Waals surface area contributed by atoms with E-state index in [1.807, 2.05) is 0 Å². The Morgan fingerprint density at radius 1 is 1.33 bits per heavy atom. The highest BCUT2D eigenvalue weighted by molar-refractivity contribution is 7.97. The van der Waals surface area contributed by atoms with Gasteiger partial charge in [-0.25, -0.2) is 8.99 Å². The van der Waals surface area contributed by atoms with Crippen LogP contribution in [-0.2, 0) is 7.05 Å². The number of hydrogen-bond acceptors (Lipinski definition) is 4. The van der Waals surface area contributed by atoms with Crippen molar-refractivity contribution in [1.29, 1.82) is 0 Å². The van der Waals surface area contributed by atoms with Gasteiger partial charge in [-0.15, -0.1) is 0 Å². The third-order valence-corrected chi connectivity index (χ3v) is 4.65. The zero-order valence-corrected chi connectivity index (χ0v) is 14.5. The van der Waals surface area contributed by atoms with E-state index >= 15 is 0 Å². The van der Waals surface area contributed by atoms with Crippen LogP contribution < -0.4 is 5.56 Å². The van der Waals surface area contributed by atoms with Crippen molar-refractivity contribution in [3.8, 4) is 0 Å². The molecule has 4 nitrogen and oxygen atoms in total. The molecule has 1 aromatic carbocycles. The monoisotopic (exact) mass is 377 g/mol. The molecule has 0 N–H and O–H groups in total. The van der Waals surface area contributed by atoms with E-state index in [1.54, 1.807) is 6.92 Å². The van der Waals surface area contributed by atoms with Crippen molar-refractivity contribution in [2.75, 3.05) is 6.54 Å². The Morgan fingerprint density at radius 3 is 2.46 bits per heavy atom. The topological polar surface area (TPSA) is 38.1 Å². The fourth-order valence-corrected chi connectivity index (χ4v) is 3.22. The molecule has 0 amide bonds. The first-order chi connectivity index (χ1) is 11.2. The van der Waals surface area contributed by atoms with Crippen LogP contribution in [0.5, 0.6) is 0 Å². The second-order valence-corrected chi connectivity index (χ2v) is 6.53. The van der Waals surface area contributed by atoms with Gasteiger partial charge in [-0.1, -0.05) is 30.7 Å². The number of hydrogen-bond donors (Lipinski definition) is 0. The lowest BCUT2D eigenvalue weighted by Crippen LogP contribution is -2.34. The highest BCUT2D eigenvalue weighted by atomic mass is 35.5. The smallest absolute Gasteiger partial charge is 0.268 e. The molecule has 0 aliphatic heterocycles. The van der Waals surface area contributed by atoms with E-state index in [-0.39, 0.29) is 17.7 Å². The summed E-state index contributed by atoms with van der Waals surface area (Å²) in [6.45, 7) is 1.74. The maximum Gasteiger partial charge on any atom is 0.408 e. The van der Waals surface area contributed by atoms with Crippen molar-refractivity contribution < 1.29 is 13.2 Å².